The topological polar surface area (TPSA) is 26.3 Å². The molecule has 0 aliphatic heterocycles. The Morgan fingerprint density at radius 1 is 1.33 bits per heavy atom. The van der Waals surface area contributed by atoms with Gasteiger partial charge in [0.2, 0.25) is 0 Å². The van der Waals surface area contributed by atoms with Crippen LogP contribution < -0.4 is 0 Å². The highest BCUT2D eigenvalue weighted by Crippen LogP contribution is 2.40. The molecule has 1 aliphatic rings. The van der Waals surface area contributed by atoms with E-state index in [1.807, 2.05) is 6.08 Å². The molecule has 0 aromatic carbocycles. The van der Waals surface area contributed by atoms with Gasteiger partial charge in [-0.3, -0.25) is 4.79 Å². The van der Waals surface area contributed by atoms with E-state index in [1.165, 1.54) is 18.6 Å². The van der Waals surface area contributed by atoms with Gasteiger partial charge >= 0.3 is 5.97 Å². The molecule has 0 fully saturated rings. The van der Waals surface area contributed by atoms with Crippen molar-refractivity contribution in [3.63, 3.8) is 0 Å². The van der Waals surface area contributed by atoms with Gasteiger partial charge in [-0.05, 0) is 57.0 Å². The number of esters is 1. The molecular weight excluding hydrogens is 296 g/mol. The summed E-state index contributed by atoms with van der Waals surface area (Å²) >= 11 is 0. The first kappa shape index (κ1) is 14.5. The van der Waals surface area contributed by atoms with Crippen LogP contribution in [0.25, 0.3) is 0 Å². The molecule has 0 N–H and O–H groups in total. The van der Waals surface area contributed by atoms with Gasteiger partial charge in [0.25, 0.3) is 0 Å². The first-order valence-electron chi connectivity index (χ1n) is 10.4. The Kier molecular flexibility index (Phi) is 5.72. The van der Waals surface area contributed by atoms with E-state index >= 15 is 0 Å². The summed E-state index contributed by atoms with van der Waals surface area (Å²) in [5.41, 5.74) is 3.25. The van der Waals surface area contributed by atoms with Gasteiger partial charge in [0.05, 0.1) is 1.37 Å². The molecule has 0 aromatic heterocycles. The fourth-order valence-electron chi connectivity index (χ4n) is 2.85. The van der Waals surface area contributed by atoms with Gasteiger partial charge in [0.1, 0.15) is 6.61 Å². The highest BCUT2D eigenvalue weighted by atomic mass is 16.5. The standard InChI is InChI=1S/C22H32O2/c1-17(9-7-10-18(2)14-16-24-20(4)23)12-13-21-19(3)11-8-15-22(21,5)6/h7,9-10,12-14H,8,11,15-16H2,1-6H3/b10-7+,13-12+,17-9+,18-14+/i1D3,9D. The molecule has 0 aromatic rings. The molecule has 132 valence electrons. The van der Waals surface area contributed by atoms with E-state index in [2.05, 4.69) is 20.8 Å². The Hall–Kier alpha value is -1.83. The van der Waals surface area contributed by atoms with Gasteiger partial charge in [-0.1, -0.05) is 60.9 Å². The van der Waals surface area contributed by atoms with Crippen LogP contribution in [0, 0.1) is 5.41 Å². The van der Waals surface area contributed by atoms with Crippen LogP contribution in [0.5, 0.6) is 0 Å². The highest BCUT2D eigenvalue weighted by molar-refractivity contribution is 5.66. The summed E-state index contributed by atoms with van der Waals surface area (Å²) < 4.78 is 36.5. The van der Waals surface area contributed by atoms with Crippen molar-refractivity contribution in [3.05, 3.63) is 58.7 Å². The lowest BCUT2D eigenvalue weighted by atomic mass is 9.72. The van der Waals surface area contributed by atoms with Crippen LogP contribution in [0.1, 0.15) is 66.2 Å². The lowest BCUT2D eigenvalue weighted by Gasteiger charge is -2.32. The number of carbonyl (C=O) groups is 1. The second kappa shape index (κ2) is 9.46. The highest BCUT2D eigenvalue weighted by Gasteiger charge is 2.26. The van der Waals surface area contributed by atoms with Crippen molar-refractivity contribution >= 4 is 5.97 Å². The summed E-state index contributed by atoms with van der Waals surface area (Å²) in [6.07, 6.45) is 11.5. The van der Waals surface area contributed by atoms with Crippen LogP contribution in [0.4, 0.5) is 0 Å². The molecule has 0 spiro atoms. The minimum absolute atomic E-state index is 0.00670. The number of ether oxygens (including phenoxy) is 1. The molecule has 1 rings (SSSR count). The van der Waals surface area contributed by atoms with E-state index in [-0.39, 0.29) is 29.6 Å². The Bertz CT molecular complexity index is 732. The lowest BCUT2D eigenvalue weighted by molar-refractivity contribution is -0.139. The van der Waals surface area contributed by atoms with E-state index in [0.29, 0.717) is 0 Å². The average Bonchev–Trinajstić information content (AvgIpc) is 2.53. The van der Waals surface area contributed by atoms with Crippen molar-refractivity contribution in [3.8, 4) is 0 Å². The summed E-state index contributed by atoms with van der Waals surface area (Å²) in [5, 5.41) is 0. The van der Waals surface area contributed by atoms with Crippen molar-refractivity contribution in [2.75, 3.05) is 6.61 Å². The van der Waals surface area contributed by atoms with Crippen LogP contribution in [0.15, 0.2) is 58.7 Å². The van der Waals surface area contributed by atoms with Crippen molar-refractivity contribution in [1.29, 1.82) is 0 Å². The number of allylic oxidation sites excluding steroid dienone is 9. The summed E-state index contributed by atoms with van der Waals surface area (Å²) in [5.74, 6) is -0.362. The van der Waals surface area contributed by atoms with Gasteiger partial charge < -0.3 is 4.74 Å². The molecular formula is C22H32O2. The summed E-state index contributed by atoms with van der Waals surface area (Å²) in [6, 6.07) is -0.0524. The van der Waals surface area contributed by atoms with E-state index < -0.39 is 6.85 Å². The quantitative estimate of drug-likeness (QED) is 0.435. The molecule has 2 heteroatoms. The summed E-state index contributed by atoms with van der Waals surface area (Å²) in [6.45, 7) is 7.36. The SMILES string of the molecule is [2H]C(/C=C/C(C)=C/COC(C)=O)=C(\C=C\C1=C(C)CCCC1(C)C)C([2H])([2H])[2H]. The van der Waals surface area contributed by atoms with Crippen molar-refractivity contribution in [2.45, 2.75) is 60.7 Å². The Balaban J connectivity index is 3.13. The average molecular weight is 333 g/mol. The normalized spacial score (nSPS) is 22.8. The lowest BCUT2D eigenvalue weighted by Crippen LogP contribution is -2.19. The second-order valence-corrected chi connectivity index (χ2v) is 6.91. The van der Waals surface area contributed by atoms with Crippen molar-refractivity contribution in [1.82, 2.24) is 0 Å². The van der Waals surface area contributed by atoms with E-state index in [0.717, 1.165) is 30.4 Å². The van der Waals surface area contributed by atoms with Crippen LogP contribution in [0.3, 0.4) is 0 Å². The monoisotopic (exact) mass is 332 g/mol. The Labute approximate surface area is 153 Å². The van der Waals surface area contributed by atoms with Gasteiger partial charge in [0.15, 0.2) is 0 Å². The zero-order chi connectivity index (χ0) is 21.5. The van der Waals surface area contributed by atoms with Crippen LogP contribution in [0.2, 0.25) is 0 Å². The van der Waals surface area contributed by atoms with Gasteiger partial charge in [-0.15, -0.1) is 0 Å². The first-order chi connectivity index (χ1) is 12.8. The van der Waals surface area contributed by atoms with E-state index in [1.54, 1.807) is 25.2 Å². The third-order valence-electron chi connectivity index (χ3n) is 4.24. The molecule has 0 bridgehead atoms. The Morgan fingerprint density at radius 2 is 2.08 bits per heavy atom. The van der Waals surface area contributed by atoms with Crippen LogP contribution in [-0.2, 0) is 9.53 Å². The minimum Gasteiger partial charge on any atom is -0.462 e. The number of rotatable bonds is 6. The second-order valence-electron chi connectivity index (χ2n) is 6.91. The third-order valence-corrected chi connectivity index (χ3v) is 4.24. The van der Waals surface area contributed by atoms with Crippen LogP contribution >= 0.6 is 0 Å². The molecule has 1 aliphatic carbocycles. The maximum Gasteiger partial charge on any atom is 0.302 e. The van der Waals surface area contributed by atoms with E-state index in [4.69, 9.17) is 10.2 Å². The van der Waals surface area contributed by atoms with Crippen LogP contribution in [-0.4, -0.2) is 12.6 Å². The van der Waals surface area contributed by atoms with Gasteiger partial charge in [-0.2, -0.15) is 0 Å². The largest absolute Gasteiger partial charge is 0.462 e. The van der Waals surface area contributed by atoms with Crippen molar-refractivity contribution in [2.24, 2.45) is 5.41 Å². The molecule has 2 nitrogen and oxygen atoms in total. The fraction of sp³-hybridized carbons (Fsp3) is 0.500. The molecule has 0 saturated carbocycles. The predicted molar refractivity (Wildman–Crippen MR) is 103 cm³/mol. The zero-order valence-electron chi connectivity index (χ0n) is 19.5. The minimum atomic E-state index is -2.37. The molecule has 0 saturated heterocycles. The molecule has 0 radical (unpaired) electrons. The number of hydrogen-bond acceptors (Lipinski definition) is 2. The third kappa shape index (κ3) is 7.16. The van der Waals surface area contributed by atoms with Gasteiger partial charge in [-0.25, -0.2) is 0 Å². The fourth-order valence-corrected chi connectivity index (χ4v) is 2.85. The first-order valence-corrected chi connectivity index (χ1v) is 8.42. The molecule has 0 atom stereocenters. The predicted octanol–water partition coefficient (Wildman–Crippen LogP) is 6.08. The maximum atomic E-state index is 10.8. The number of hydrogen-bond donors (Lipinski definition) is 0. The summed E-state index contributed by atoms with van der Waals surface area (Å²) in [7, 11) is 0. The molecule has 0 unspecified atom stereocenters. The molecule has 0 amide bonds. The number of carbonyl (C=O) groups excluding carboxylic acids is 1. The smallest absolute Gasteiger partial charge is 0.302 e. The van der Waals surface area contributed by atoms with Gasteiger partial charge in [0, 0.05) is 11.0 Å². The molecule has 0 heterocycles. The Morgan fingerprint density at radius 3 is 2.71 bits per heavy atom. The maximum absolute atomic E-state index is 10.8. The van der Waals surface area contributed by atoms with E-state index in [9.17, 15) is 4.79 Å². The summed E-state index contributed by atoms with van der Waals surface area (Å²) in [4.78, 5) is 10.8. The zero-order valence-corrected chi connectivity index (χ0v) is 15.5. The molecule has 24 heavy (non-hydrogen) atoms. The van der Waals surface area contributed by atoms with Crippen molar-refractivity contribution < 1.29 is 15.0 Å².